The molecule has 0 saturated heterocycles. The highest BCUT2D eigenvalue weighted by molar-refractivity contribution is 5.89. The summed E-state index contributed by atoms with van der Waals surface area (Å²) in [7, 11) is 0. The Morgan fingerprint density at radius 1 is 0.828 bits per heavy atom. The number of aromatic nitrogens is 4. The molecule has 6 heteroatoms. The van der Waals surface area contributed by atoms with E-state index in [2.05, 4.69) is 15.7 Å². The maximum absolute atomic E-state index is 4.81. The van der Waals surface area contributed by atoms with Crippen LogP contribution in [0.25, 0.3) is 16.7 Å². The number of hydrogen-bond donors (Lipinski definition) is 2. The second-order valence-corrected chi connectivity index (χ2v) is 7.50. The maximum atomic E-state index is 4.81. The normalized spacial score (nSPS) is 14.8. The predicted molar refractivity (Wildman–Crippen MR) is 117 cm³/mol. The molecule has 4 aromatic rings. The van der Waals surface area contributed by atoms with Gasteiger partial charge in [-0.1, -0.05) is 55.7 Å². The van der Waals surface area contributed by atoms with E-state index in [1.54, 1.807) is 0 Å². The van der Waals surface area contributed by atoms with E-state index in [1.807, 2.05) is 71.5 Å². The minimum Gasteiger partial charge on any atom is -0.367 e. The number of hydrogen-bond acceptors (Lipinski definition) is 5. The van der Waals surface area contributed by atoms with Crippen molar-refractivity contribution >= 4 is 28.5 Å². The fourth-order valence-electron chi connectivity index (χ4n) is 3.92. The van der Waals surface area contributed by atoms with Crippen molar-refractivity contribution in [2.45, 2.75) is 38.1 Å². The molecule has 0 unspecified atom stereocenters. The van der Waals surface area contributed by atoms with Gasteiger partial charge < -0.3 is 10.6 Å². The Hall–Kier alpha value is -3.41. The number of anilines is 3. The molecule has 0 aliphatic heterocycles. The fourth-order valence-corrected chi connectivity index (χ4v) is 3.92. The molecular formula is C23H24N6. The molecule has 146 valence electrons. The second kappa shape index (κ2) is 7.91. The Kier molecular flexibility index (Phi) is 4.82. The van der Waals surface area contributed by atoms with Gasteiger partial charge in [0.15, 0.2) is 5.65 Å². The van der Waals surface area contributed by atoms with Crippen LogP contribution < -0.4 is 10.6 Å². The van der Waals surface area contributed by atoms with Crippen molar-refractivity contribution in [3.63, 3.8) is 0 Å². The molecule has 29 heavy (non-hydrogen) atoms. The predicted octanol–water partition coefficient (Wildman–Crippen LogP) is 5.30. The Morgan fingerprint density at radius 3 is 2.31 bits per heavy atom. The van der Waals surface area contributed by atoms with E-state index in [0.29, 0.717) is 12.0 Å². The largest absolute Gasteiger partial charge is 0.367 e. The summed E-state index contributed by atoms with van der Waals surface area (Å²) in [5.74, 6) is 1.42. The monoisotopic (exact) mass is 384 g/mol. The Balaban J connectivity index is 1.58. The van der Waals surface area contributed by atoms with E-state index in [-0.39, 0.29) is 0 Å². The van der Waals surface area contributed by atoms with E-state index < -0.39 is 0 Å². The first kappa shape index (κ1) is 17.7. The van der Waals surface area contributed by atoms with Gasteiger partial charge in [-0.05, 0) is 37.1 Å². The molecule has 0 amide bonds. The lowest BCUT2D eigenvalue weighted by molar-refractivity contribution is 0.462. The molecule has 2 aromatic heterocycles. The molecule has 0 spiro atoms. The highest BCUT2D eigenvalue weighted by atomic mass is 15.3. The van der Waals surface area contributed by atoms with E-state index in [1.165, 1.54) is 32.1 Å². The number of para-hydroxylation sites is 2. The SMILES string of the molecule is c1ccc(Nc2nc(NC3CCCCC3)c3cnn(-c4ccccc4)c3n2)cc1. The average Bonchev–Trinajstić information content (AvgIpc) is 3.20. The van der Waals surface area contributed by atoms with Crippen molar-refractivity contribution < 1.29 is 0 Å². The van der Waals surface area contributed by atoms with Crippen LogP contribution in [0.1, 0.15) is 32.1 Å². The van der Waals surface area contributed by atoms with E-state index >= 15 is 0 Å². The number of nitrogens with one attached hydrogen (secondary N) is 2. The van der Waals surface area contributed by atoms with Crippen LogP contribution in [0.4, 0.5) is 17.5 Å². The first-order chi connectivity index (χ1) is 14.4. The molecular weight excluding hydrogens is 360 g/mol. The molecule has 2 N–H and O–H groups in total. The van der Waals surface area contributed by atoms with Crippen LogP contribution in [0.2, 0.25) is 0 Å². The van der Waals surface area contributed by atoms with Crippen LogP contribution in [0.15, 0.2) is 66.9 Å². The van der Waals surface area contributed by atoms with Crippen molar-refractivity contribution in [1.29, 1.82) is 0 Å². The summed E-state index contributed by atoms with van der Waals surface area (Å²) in [4.78, 5) is 9.61. The van der Waals surface area contributed by atoms with Crippen molar-refractivity contribution in [2.75, 3.05) is 10.6 Å². The van der Waals surface area contributed by atoms with Gasteiger partial charge in [0.2, 0.25) is 5.95 Å². The van der Waals surface area contributed by atoms with Gasteiger partial charge in [0, 0.05) is 11.7 Å². The number of rotatable bonds is 5. The molecule has 0 atom stereocenters. The maximum Gasteiger partial charge on any atom is 0.231 e. The third kappa shape index (κ3) is 3.78. The zero-order valence-corrected chi connectivity index (χ0v) is 16.3. The first-order valence-electron chi connectivity index (χ1n) is 10.3. The van der Waals surface area contributed by atoms with Crippen LogP contribution in [0, 0.1) is 0 Å². The van der Waals surface area contributed by atoms with Gasteiger partial charge in [-0.15, -0.1) is 0 Å². The third-order valence-electron chi connectivity index (χ3n) is 5.41. The lowest BCUT2D eigenvalue weighted by Crippen LogP contribution is -2.23. The Labute approximate surface area is 170 Å². The average molecular weight is 384 g/mol. The molecule has 1 fully saturated rings. The van der Waals surface area contributed by atoms with Crippen molar-refractivity contribution in [2.24, 2.45) is 0 Å². The molecule has 0 radical (unpaired) electrons. The van der Waals surface area contributed by atoms with Crippen LogP contribution in [0.3, 0.4) is 0 Å². The summed E-state index contributed by atoms with van der Waals surface area (Å²) >= 11 is 0. The van der Waals surface area contributed by atoms with E-state index in [9.17, 15) is 0 Å². The van der Waals surface area contributed by atoms with E-state index in [4.69, 9.17) is 9.97 Å². The van der Waals surface area contributed by atoms with Crippen molar-refractivity contribution in [3.05, 3.63) is 66.9 Å². The quantitative estimate of drug-likeness (QED) is 0.488. The lowest BCUT2D eigenvalue weighted by atomic mass is 9.95. The zero-order chi connectivity index (χ0) is 19.5. The summed E-state index contributed by atoms with van der Waals surface area (Å²) in [6.45, 7) is 0. The van der Waals surface area contributed by atoms with Gasteiger partial charge in [-0.3, -0.25) is 0 Å². The molecule has 1 aliphatic rings. The zero-order valence-electron chi connectivity index (χ0n) is 16.3. The van der Waals surface area contributed by atoms with E-state index in [0.717, 1.165) is 28.2 Å². The van der Waals surface area contributed by atoms with Crippen LogP contribution in [0.5, 0.6) is 0 Å². The third-order valence-corrected chi connectivity index (χ3v) is 5.41. The number of benzene rings is 2. The van der Waals surface area contributed by atoms with Gasteiger partial charge in [0.25, 0.3) is 0 Å². The lowest BCUT2D eigenvalue weighted by Gasteiger charge is -2.23. The topological polar surface area (TPSA) is 67.7 Å². The van der Waals surface area contributed by atoms with Gasteiger partial charge in [0.1, 0.15) is 5.82 Å². The molecule has 0 bridgehead atoms. The van der Waals surface area contributed by atoms with Crippen LogP contribution in [-0.4, -0.2) is 25.8 Å². The van der Waals surface area contributed by atoms with Gasteiger partial charge in [-0.2, -0.15) is 15.1 Å². The molecule has 2 aromatic carbocycles. The van der Waals surface area contributed by atoms with Gasteiger partial charge in [0.05, 0.1) is 17.3 Å². The van der Waals surface area contributed by atoms with Crippen molar-refractivity contribution in [1.82, 2.24) is 19.7 Å². The Bertz CT molecular complexity index is 1080. The standard InChI is InChI=1S/C23H24N6/c1-4-10-17(11-5-1)25-21-20-16-24-29(19-14-8-3-9-15-19)22(20)28-23(27-21)26-18-12-6-2-7-13-18/h2-3,6-9,12-17H,1,4-5,10-11H2,(H2,25,26,27,28). The molecule has 1 saturated carbocycles. The van der Waals surface area contributed by atoms with Crippen LogP contribution >= 0.6 is 0 Å². The minimum atomic E-state index is 0.450. The van der Waals surface area contributed by atoms with Gasteiger partial charge in [-0.25, -0.2) is 4.68 Å². The molecule has 1 aliphatic carbocycles. The summed E-state index contributed by atoms with van der Waals surface area (Å²) < 4.78 is 1.87. The van der Waals surface area contributed by atoms with Crippen LogP contribution in [-0.2, 0) is 0 Å². The summed E-state index contributed by atoms with van der Waals surface area (Å²) in [5, 5.41) is 12.6. The molecule has 5 rings (SSSR count). The summed E-state index contributed by atoms with van der Waals surface area (Å²) in [5.41, 5.74) is 2.74. The summed E-state index contributed by atoms with van der Waals surface area (Å²) in [6.07, 6.45) is 8.08. The highest BCUT2D eigenvalue weighted by Gasteiger charge is 2.19. The second-order valence-electron chi connectivity index (χ2n) is 7.50. The smallest absolute Gasteiger partial charge is 0.231 e. The molecule has 6 nitrogen and oxygen atoms in total. The highest BCUT2D eigenvalue weighted by Crippen LogP contribution is 2.28. The number of nitrogens with zero attached hydrogens (tertiary/aromatic N) is 4. The molecule has 2 heterocycles. The van der Waals surface area contributed by atoms with Gasteiger partial charge >= 0.3 is 0 Å². The van der Waals surface area contributed by atoms with Crippen molar-refractivity contribution in [3.8, 4) is 5.69 Å². The minimum absolute atomic E-state index is 0.450. The fraction of sp³-hybridized carbons (Fsp3) is 0.261. The Morgan fingerprint density at radius 2 is 1.55 bits per heavy atom. The first-order valence-corrected chi connectivity index (χ1v) is 10.3. The number of fused-ring (bicyclic) bond motifs is 1. The summed E-state index contributed by atoms with van der Waals surface area (Å²) in [6, 6.07) is 20.5.